The van der Waals surface area contributed by atoms with Gasteiger partial charge in [0.15, 0.2) is 17.6 Å². The van der Waals surface area contributed by atoms with Crippen LogP contribution in [0, 0.1) is 6.92 Å². The maximum absolute atomic E-state index is 10.7. The lowest BCUT2D eigenvalue weighted by Gasteiger charge is -2.13. The topological polar surface area (TPSA) is 65.0 Å². The Labute approximate surface area is 129 Å². The highest BCUT2D eigenvalue weighted by atomic mass is 16.5. The van der Waals surface area contributed by atoms with Crippen molar-refractivity contribution in [3.63, 3.8) is 0 Å². The number of hydrogen-bond donors (Lipinski definition) is 1. The van der Waals surface area contributed by atoms with Gasteiger partial charge in [-0.1, -0.05) is 6.07 Å². The molecule has 1 unspecified atom stereocenters. The molecule has 0 spiro atoms. The summed E-state index contributed by atoms with van der Waals surface area (Å²) in [6.45, 7) is 3.45. The number of aryl methyl sites for hydroxylation is 1. The number of ether oxygens (including phenoxy) is 3. The molecular formula is C17H18O5. The highest BCUT2D eigenvalue weighted by molar-refractivity contribution is 5.72. The molecule has 0 amide bonds. The zero-order valence-corrected chi connectivity index (χ0v) is 12.7. The molecule has 0 fully saturated rings. The summed E-state index contributed by atoms with van der Waals surface area (Å²) in [7, 11) is 1.59. The Morgan fingerprint density at radius 2 is 1.68 bits per heavy atom. The molecule has 0 saturated carbocycles. The standard InChI is InChI=1S/C17H18O5/c1-11-4-9-15(16(10-11)20-3)22-14-7-5-13(6-8-14)21-12(2)17(18)19/h4-10,12H,1-3H3,(H,18,19). The number of hydrogen-bond acceptors (Lipinski definition) is 4. The first-order chi connectivity index (χ1) is 10.5. The molecule has 0 aliphatic carbocycles. The van der Waals surface area contributed by atoms with Crippen molar-refractivity contribution in [2.75, 3.05) is 7.11 Å². The monoisotopic (exact) mass is 302 g/mol. The van der Waals surface area contributed by atoms with Crippen LogP contribution in [0.4, 0.5) is 0 Å². The Morgan fingerprint density at radius 1 is 1.05 bits per heavy atom. The summed E-state index contributed by atoms with van der Waals surface area (Å²) in [5.41, 5.74) is 1.08. The van der Waals surface area contributed by atoms with Gasteiger partial charge in [-0.15, -0.1) is 0 Å². The predicted octanol–water partition coefficient (Wildman–Crippen LogP) is 3.65. The molecular weight excluding hydrogens is 284 g/mol. The third-order valence-electron chi connectivity index (χ3n) is 3.03. The minimum Gasteiger partial charge on any atom is -0.493 e. The van der Waals surface area contributed by atoms with Crippen molar-refractivity contribution in [1.82, 2.24) is 0 Å². The van der Waals surface area contributed by atoms with E-state index in [1.165, 1.54) is 6.92 Å². The minimum atomic E-state index is -1.01. The minimum absolute atomic E-state index is 0.470. The number of methoxy groups -OCH3 is 1. The summed E-state index contributed by atoms with van der Waals surface area (Å²) in [6, 6.07) is 12.4. The number of rotatable bonds is 6. The Balaban J connectivity index is 2.10. The molecule has 2 aromatic rings. The molecule has 0 saturated heterocycles. The average Bonchev–Trinajstić information content (AvgIpc) is 2.50. The smallest absolute Gasteiger partial charge is 0.344 e. The maximum Gasteiger partial charge on any atom is 0.344 e. The van der Waals surface area contributed by atoms with Gasteiger partial charge in [0, 0.05) is 0 Å². The molecule has 2 rings (SSSR count). The molecule has 0 aliphatic heterocycles. The lowest BCUT2D eigenvalue weighted by atomic mass is 10.2. The lowest BCUT2D eigenvalue weighted by Crippen LogP contribution is -2.22. The van der Waals surface area contributed by atoms with E-state index in [0.717, 1.165) is 5.56 Å². The summed E-state index contributed by atoms with van der Waals surface area (Å²) in [4.78, 5) is 10.7. The first-order valence-electron chi connectivity index (χ1n) is 6.81. The number of carbonyl (C=O) groups is 1. The van der Waals surface area contributed by atoms with Crippen LogP contribution in [0.15, 0.2) is 42.5 Å². The van der Waals surface area contributed by atoms with E-state index in [4.69, 9.17) is 19.3 Å². The van der Waals surface area contributed by atoms with Crippen molar-refractivity contribution in [3.8, 4) is 23.0 Å². The van der Waals surface area contributed by atoms with Crippen LogP contribution >= 0.6 is 0 Å². The highest BCUT2D eigenvalue weighted by Gasteiger charge is 2.12. The van der Waals surface area contributed by atoms with E-state index in [9.17, 15) is 4.79 Å². The number of carboxylic acids is 1. The van der Waals surface area contributed by atoms with E-state index in [1.54, 1.807) is 31.4 Å². The van der Waals surface area contributed by atoms with Gasteiger partial charge < -0.3 is 19.3 Å². The Bertz CT molecular complexity index is 649. The third-order valence-corrected chi connectivity index (χ3v) is 3.03. The molecule has 2 aromatic carbocycles. The van der Waals surface area contributed by atoms with Crippen LogP contribution in [0.3, 0.4) is 0 Å². The van der Waals surface area contributed by atoms with Crippen LogP contribution in [-0.2, 0) is 4.79 Å². The average molecular weight is 302 g/mol. The second-order valence-electron chi connectivity index (χ2n) is 4.83. The molecule has 0 radical (unpaired) electrons. The summed E-state index contributed by atoms with van der Waals surface area (Å²) >= 11 is 0. The molecule has 5 heteroatoms. The summed E-state index contributed by atoms with van der Waals surface area (Å²) < 4.78 is 16.3. The first kappa shape index (κ1) is 15.7. The largest absolute Gasteiger partial charge is 0.493 e. The van der Waals surface area contributed by atoms with Crippen molar-refractivity contribution >= 4 is 5.97 Å². The Hall–Kier alpha value is -2.69. The normalized spacial score (nSPS) is 11.6. The SMILES string of the molecule is COc1cc(C)ccc1Oc1ccc(OC(C)C(=O)O)cc1. The van der Waals surface area contributed by atoms with Gasteiger partial charge in [-0.3, -0.25) is 0 Å². The molecule has 0 bridgehead atoms. The number of carboxylic acid groups (broad SMARTS) is 1. The van der Waals surface area contributed by atoms with Gasteiger partial charge in [0.25, 0.3) is 0 Å². The Morgan fingerprint density at radius 3 is 2.27 bits per heavy atom. The summed E-state index contributed by atoms with van der Waals surface area (Å²) in [5, 5.41) is 8.81. The molecule has 0 aliphatic rings. The van der Waals surface area contributed by atoms with Crippen LogP contribution in [-0.4, -0.2) is 24.3 Å². The van der Waals surface area contributed by atoms with Crippen LogP contribution < -0.4 is 14.2 Å². The van der Waals surface area contributed by atoms with Crippen LogP contribution in [0.1, 0.15) is 12.5 Å². The zero-order valence-electron chi connectivity index (χ0n) is 12.7. The van der Waals surface area contributed by atoms with E-state index in [-0.39, 0.29) is 0 Å². The van der Waals surface area contributed by atoms with Crippen LogP contribution in [0.25, 0.3) is 0 Å². The first-order valence-corrected chi connectivity index (χ1v) is 6.81. The van der Waals surface area contributed by atoms with E-state index < -0.39 is 12.1 Å². The molecule has 1 N–H and O–H groups in total. The maximum atomic E-state index is 10.7. The fraction of sp³-hybridized carbons (Fsp3) is 0.235. The molecule has 116 valence electrons. The second-order valence-corrected chi connectivity index (χ2v) is 4.83. The Kier molecular flexibility index (Phi) is 4.88. The van der Waals surface area contributed by atoms with Gasteiger partial charge in [0.1, 0.15) is 11.5 Å². The van der Waals surface area contributed by atoms with E-state index in [1.807, 2.05) is 25.1 Å². The summed E-state index contributed by atoms with van der Waals surface area (Å²) in [6.07, 6.45) is -0.899. The lowest BCUT2D eigenvalue weighted by molar-refractivity contribution is -0.144. The van der Waals surface area contributed by atoms with Crippen molar-refractivity contribution in [2.45, 2.75) is 20.0 Å². The fourth-order valence-electron chi connectivity index (χ4n) is 1.83. The van der Waals surface area contributed by atoms with Crippen molar-refractivity contribution in [1.29, 1.82) is 0 Å². The van der Waals surface area contributed by atoms with Gasteiger partial charge in [-0.2, -0.15) is 0 Å². The van der Waals surface area contributed by atoms with Crippen molar-refractivity contribution in [3.05, 3.63) is 48.0 Å². The van der Waals surface area contributed by atoms with Gasteiger partial charge in [0.2, 0.25) is 0 Å². The van der Waals surface area contributed by atoms with Crippen LogP contribution in [0.5, 0.6) is 23.0 Å². The van der Waals surface area contributed by atoms with E-state index in [0.29, 0.717) is 23.0 Å². The molecule has 0 aromatic heterocycles. The second kappa shape index (κ2) is 6.85. The van der Waals surface area contributed by atoms with Gasteiger partial charge in [0.05, 0.1) is 7.11 Å². The van der Waals surface area contributed by atoms with Crippen molar-refractivity contribution in [2.24, 2.45) is 0 Å². The number of benzene rings is 2. The van der Waals surface area contributed by atoms with Gasteiger partial charge in [-0.05, 0) is 55.8 Å². The van der Waals surface area contributed by atoms with Crippen LogP contribution in [0.2, 0.25) is 0 Å². The van der Waals surface area contributed by atoms with Crippen molar-refractivity contribution < 1.29 is 24.1 Å². The molecule has 5 nitrogen and oxygen atoms in total. The highest BCUT2D eigenvalue weighted by Crippen LogP contribution is 2.32. The predicted molar refractivity (Wildman–Crippen MR) is 82.0 cm³/mol. The van der Waals surface area contributed by atoms with E-state index >= 15 is 0 Å². The zero-order chi connectivity index (χ0) is 16.1. The molecule has 0 heterocycles. The molecule has 1 atom stereocenters. The van der Waals surface area contributed by atoms with Gasteiger partial charge in [-0.25, -0.2) is 4.79 Å². The third kappa shape index (κ3) is 3.91. The molecule has 22 heavy (non-hydrogen) atoms. The van der Waals surface area contributed by atoms with E-state index in [2.05, 4.69) is 0 Å². The number of aliphatic carboxylic acids is 1. The summed E-state index contributed by atoms with van der Waals surface area (Å²) in [5.74, 6) is 1.33. The van der Waals surface area contributed by atoms with Gasteiger partial charge >= 0.3 is 5.97 Å². The fourth-order valence-corrected chi connectivity index (χ4v) is 1.83. The quantitative estimate of drug-likeness (QED) is 0.882.